The summed E-state index contributed by atoms with van der Waals surface area (Å²) in [5, 5.41) is 13.4. The van der Waals surface area contributed by atoms with Gasteiger partial charge in [0.2, 0.25) is 17.1 Å². The molecule has 4 saturated carbocycles. The smallest absolute Gasteiger partial charge is 0.200 e. The van der Waals surface area contributed by atoms with Gasteiger partial charge in [-0.1, -0.05) is 244 Å². The van der Waals surface area contributed by atoms with Crippen molar-refractivity contribution >= 4 is 72.1 Å². The van der Waals surface area contributed by atoms with Crippen LogP contribution in [-0.2, 0) is 21.1 Å². The Kier molecular flexibility index (Phi) is 23.2. The monoisotopic (exact) mass is 1330 g/mol. The highest BCUT2D eigenvalue weighted by atomic mass is 28.3. The molecule has 0 spiro atoms. The van der Waals surface area contributed by atoms with Gasteiger partial charge in [0.05, 0.1) is 51.5 Å². The first-order chi connectivity index (χ1) is 46.5. The van der Waals surface area contributed by atoms with Crippen LogP contribution in [0.2, 0.25) is 54.4 Å². The fraction of sp³-hybridized carbons (Fsp3) is 0.500. The van der Waals surface area contributed by atoms with Gasteiger partial charge in [-0.25, -0.2) is 13.7 Å². The molecule has 6 aromatic carbocycles. The zero-order valence-corrected chi connectivity index (χ0v) is 66.0. The molecule has 4 aliphatic carbocycles. The Balaban J connectivity index is 0.000000147. The highest BCUT2D eigenvalue weighted by Gasteiger charge is 2.35. The van der Waals surface area contributed by atoms with Gasteiger partial charge in [0, 0.05) is 23.8 Å². The van der Waals surface area contributed by atoms with E-state index in [1.165, 1.54) is 251 Å². The Morgan fingerprint density at radius 1 is 0.302 bits per heavy atom. The lowest BCUT2D eigenvalue weighted by molar-refractivity contribution is -0.659. The van der Waals surface area contributed by atoms with Gasteiger partial charge in [0.15, 0.2) is 18.6 Å². The number of hydrogen-bond donors (Lipinski definition) is 0. The van der Waals surface area contributed by atoms with E-state index in [2.05, 4.69) is 259 Å². The Bertz CT molecular complexity index is 4150. The summed E-state index contributed by atoms with van der Waals surface area (Å²) >= 11 is 0. The summed E-state index contributed by atoms with van der Waals surface area (Å²) in [5.41, 5.74) is 20.6. The zero-order valence-electron chi connectivity index (χ0n) is 63.0. The van der Waals surface area contributed by atoms with Gasteiger partial charge in [0.25, 0.3) is 0 Å². The maximum Gasteiger partial charge on any atom is 0.220 e. The fourth-order valence-electron chi connectivity index (χ4n) is 19.4. The van der Waals surface area contributed by atoms with Crippen molar-refractivity contribution in [1.82, 2.24) is 0 Å². The minimum Gasteiger partial charge on any atom is -0.200 e. The number of rotatable bonds is 19. The van der Waals surface area contributed by atoms with Crippen LogP contribution in [0, 0.1) is 27.7 Å². The van der Waals surface area contributed by atoms with Crippen molar-refractivity contribution in [3.8, 4) is 33.8 Å². The summed E-state index contributed by atoms with van der Waals surface area (Å²) < 4.78 is 7.06. The lowest BCUT2D eigenvalue weighted by Gasteiger charge is -2.29. The Labute approximate surface area is 586 Å². The van der Waals surface area contributed by atoms with Gasteiger partial charge in [-0.15, -0.1) is 0 Å². The van der Waals surface area contributed by atoms with E-state index in [0.29, 0.717) is 0 Å². The van der Waals surface area contributed by atoms with Gasteiger partial charge in [0.1, 0.15) is 21.1 Å². The normalized spacial score (nSPS) is 16.1. The molecule has 4 aliphatic rings. The van der Waals surface area contributed by atoms with Gasteiger partial charge in [-0.3, -0.25) is 0 Å². The van der Waals surface area contributed by atoms with E-state index >= 15 is 0 Å². The molecular weight excluding hydrogens is 1210 g/mol. The van der Waals surface area contributed by atoms with Gasteiger partial charge in [-0.05, 0) is 200 Å². The molecule has 6 heteroatoms. The first kappa shape index (κ1) is 71.5. The first-order valence-corrected chi connectivity index (χ1v) is 47.0. The number of nitrogens with zero attached hydrogens (tertiary/aromatic N) is 3. The standard InChI is InChI=1S/C33H46NSi.C29H40NSi.C28H38NSi/c1-6-35(7-2,8-3)29-17-18-30-27(21-29)19-20-34(5)33(30)32-23-28(25-13-9-10-14-25)22-31(24(32)4)26-15-11-12-16-26;1-7-31(8-2,9-3)26-14-15-27-24(19-26)16-17-30(6)29(27)28-20-25(18-21(4)22(28)5)23-12-10-11-13-23;1-6-30(7-2,8-3)25-15-16-26-24(19-25)17-18-29(5)28(26)27-20-23(14-13-21(27)4)22-11-9-10-12-22/h17-23,25-26H,6-16H2,1-5H3;14-20,23H,7-13H2,1-6H3;13-20,22H,6-12H2,1-5H3/q3*+1. The largest absolute Gasteiger partial charge is 0.220 e. The molecule has 13 rings (SSSR count). The van der Waals surface area contributed by atoms with E-state index in [4.69, 9.17) is 0 Å². The average molecular weight is 1330 g/mol. The van der Waals surface area contributed by atoms with E-state index in [1.807, 2.05) is 0 Å². The molecule has 0 N–H and O–H groups in total. The Morgan fingerprint density at radius 2 is 0.615 bits per heavy atom. The SMILES string of the molecule is CC[Si](CC)(CC)c1ccc2c(-c3cc(C4CCCC4)cc(C)c3C)[n+](C)ccc2c1.CC[Si](CC)(CC)c1ccc2c(-c3cc(C4CCCC4)cc(C4CCCC4)c3C)[n+](C)ccc2c1.CC[Si](CC)(CC)c1ccc2c(-c3cc(C4CCCC4)ccc3C)[n+](C)ccc2c1. The molecule has 0 atom stereocenters. The molecule has 0 unspecified atom stereocenters. The van der Waals surface area contributed by atoms with E-state index in [-0.39, 0.29) is 0 Å². The van der Waals surface area contributed by atoms with Gasteiger partial charge >= 0.3 is 0 Å². The van der Waals surface area contributed by atoms with Crippen molar-refractivity contribution in [2.45, 2.75) is 271 Å². The van der Waals surface area contributed by atoms with Crippen LogP contribution in [0.25, 0.3) is 66.1 Å². The summed E-state index contributed by atoms with van der Waals surface area (Å²) in [6, 6.07) is 58.8. The number of fused-ring (bicyclic) bond motifs is 3. The minimum atomic E-state index is -1.39. The average Bonchev–Trinajstić information content (AvgIpc) is 0.871. The van der Waals surface area contributed by atoms with E-state index in [1.54, 1.807) is 32.3 Å². The van der Waals surface area contributed by atoms with Crippen molar-refractivity contribution in [3.05, 3.63) is 178 Å². The van der Waals surface area contributed by atoms with Crippen molar-refractivity contribution in [1.29, 1.82) is 0 Å². The third kappa shape index (κ3) is 14.1. The molecule has 96 heavy (non-hydrogen) atoms. The number of benzene rings is 6. The van der Waals surface area contributed by atoms with Crippen LogP contribution in [0.3, 0.4) is 0 Å². The minimum absolute atomic E-state index is 0.746. The predicted octanol–water partition coefficient (Wildman–Crippen LogP) is 23.0. The van der Waals surface area contributed by atoms with Crippen molar-refractivity contribution < 1.29 is 13.7 Å². The highest BCUT2D eigenvalue weighted by molar-refractivity contribution is 6.92. The quantitative estimate of drug-likeness (QED) is 0.0565. The van der Waals surface area contributed by atoms with Crippen LogP contribution in [0.15, 0.2) is 134 Å². The summed E-state index contributed by atoms with van der Waals surface area (Å²) in [6.07, 6.45) is 28.9. The van der Waals surface area contributed by atoms with Crippen molar-refractivity contribution in [2.75, 3.05) is 0 Å². The van der Waals surface area contributed by atoms with Crippen LogP contribution < -0.4 is 29.3 Å². The first-order valence-electron chi connectivity index (χ1n) is 39.1. The molecule has 0 aliphatic heterocycles. The molecule has 0 bridgehead atoms. The van der Waals surface area contributed by atoms with Gasteiger partial charge in [-0.2, -0.15) is 0 Å². The van der Waals surface area contributed by atoms with Crippen LogP contribution in [0.1, 0.15) is 233 Å². The number of aromatic nitrogens is 3. The van der Waals surface area contributed by atoms with E-state index < -0.39 is 24.2 Å². The molecule has 3 nitrogen and oxygen atoms in total. The molecule has 9 aromatic rings. The molecular formula is C90H124N3Si3+3. The second-order valence-electron chi connectivity index (χ2n) is 31.0. The molecule has 4 fully saturated rings. The molecule has 0 radical (unpaired) electrons. The summed E-state index contributed by atoms with van der Waals surface area (Å²) in [7, 11) is 2.53. The van der Waals surface area contributed by atoms with E-state index in [0.717, 1.165) is 23.7 Å². The van der Waals surface area contributed by atoms with E-state index in [9.17, 15) is 0 Å². The third-order valence-corrected chi connectivity index (χ3v) is 43.6. The summed E-state index contributed by atoms with van der Waals surface area (Å²) in [5.74, 6) is 3.01. The molecule has 0 amide bonds. The summed E-state index contributed by atoms with van der Waals surface area (Å²) in [4.78, 5) is 0. The Hall–Kier alpha value is -5.80. The van der Waals surface area contributed by atoms with Crippen molar-refractivity contribution in [3.63, 3.8) is 0 Å². The van der Waals surface area contributed by atoms with Crippen LogP contribution in [-0.4, -0.2) is 24.2 Å². The third-order valence-electron chi connectivity index (χ3n) is 26.8. The lowest BCUT2D eigenvalue weighted by atomic mass is 9.84. The molecule has 3 heterocycles. The number of aryl methyl sites for hydroxylation is 5. The molecule has 3 aromatic heterocycles. The Morgan fingerprint density at radius 3 is 0.979 bits per heavy atom. The maximum atomic E-state index is 2.64. The maximum absolute atomic E-state index is 2.64. The van der Waals surface area contributed by atoms with Crippen LogP contribution in [0.5, 0.6) is 0 Å². The van der Waals surface area contributed by atoms with Crippen LogP contribution >= 0.6 is 0 Å². The molecule has 508 valence electrons. The number of hydrogen-bond acceptors (Lipinski definition) is 0. The zero-order chi connectivity index (χ0) is 68.1. The van der Waals surface area contributed by atoms with Crippen molar-refractivity contribution in [2.24, 2.45) is 21.1 Å². The lowest BCUT2D eigenvalue weighted by Crippen LogP contribution is -2.45. The molecule has 0 saturated heterocycles. The van der Waals surface area contributed by atoms with Crippen LogP contribution in [0.4, 0.5) is 0 Å². The second kappa shape index (κ2) is 31.2. The topological polar surface area (TPSA) is 11.6 Å². The highest BCUT2D eigenvalue weighted by Crippen LogP contribution is 2.45. The second-order valence-corrected chi connectivity index (χ2v) is 46.8. The predicted molar refractivity (Wildman–Crippen MR) is 426 cm³/mol. The van der Waals surface area contributed by atoms with Gasteiger partial charge < -0.3 is 0 Å². The fourth-order valence-corrected chi connectivity index (χ4v) is 30.3. The number of pyridine rings is 3. The summed E-state index contributed by atoms with van der Waals surface area (Å²) in [6.45, 7) is 31.0.